The van der Waals surface area contributed by atoms with Crippen LogP contribution >= 0.6 is 0 Å². The lowest BCUT2D eigenvalue weighted by molar-refractivity contribution is 0.236. The zero-order chi connectivity index (χ0) is 14.1. The largest absolute Gasteiger partial charge is 0.396 e. The summed E-state index contributed by atoms with van der Waals surface area (Å²) in [6, 6.07) is 7.49. The van der Waals surface area contributed by atoms with E-state index in [9.17, 15) is 4.79 Å². The lowest BCUT2D eigenvalue weighted by atomic mass is 10.0. The van der Waals surface area contributed by atoms with Gasteiger partial charge in [0.25, 0.3) is 0 Å². The number of carbonyl (C=O) groups excluding carboxylic acids is 1. The Balaban J connectivity index is 2.40. The molecule has 0 aromatic heterocycles. The van der Waals surface area contributed by atoms with Crippen molar-refractivity contribution in [3.05, 3.63) is 29.8 Å². The standard InChI is InChI=1S/C15H24N2O2/c1-3-6-13(9-10-18)11-16-15(19)17-14-8-5-4-7-12(14)2/h4-5,7-8,13,18H,3,6,9-11H2,1-2H3,(H2,16,17,19). The van der Waals surface area contributed by atoms with Crippen molar-refractivity contribution >= 4 is 11.7 Å². The normalized spacial score (nSPS) is 11.9. The first-order valence-corrected chi connectivity index (χ1v) is 6.88. The molecule has 4 heteroatoms. The van der Waals surface area contributed by atoms with Crippen molar-refractivity contribution in [2.24, 2.45) is 5.92 Å². The molecule has 1 rings (SSSR count). The van der Waals surface area contributed by atoms with E-state index in [-0.39, 0.29) is 12.6 Å². The topological polar surface area (TPSA) is 61.4 Å². The molecule has 0 aliphatic carbocycles. The Bertz CT molecular complexity index is 387. The summed E-state index contributed by atoms with van der Waals surface area (Å²) in [6.07, 6.45) is 2.81. The van der Waals surface area contributed by atoms with Crippen molar-refractivity contribution in [2.45, 2.75) is 33.1 Å². The van der Waals surface area contributed by atoms with Crippen LogP contribution in [0, 0.1) is 12.8 Å². The van der Waals surface area contributed by atoms with Gasteiger partial charge >= 0.3 is 6.03 Å². The molecule has 0 fully saturated rings. The number of aliphatic hydroxyl groups is 1. The number of anilines is 1. The molecule has 4 nitrogen and oxygen atoms in total. The smallest absolute Gasteiger partial charge is 0.319 e. The maximum Gasteiger partial charge on any atom is 0.319 e. The lowest BCUT2D eigenvalue weighted by Gasteiger charge is -2.16. The Morgan fingerprint density at radius 3 is 2.68 bits per heavy atom. The van der Waals surface area contributed by atoms with Gasteiger partial charge in [0.15, 0.2) is 0 Å². The maximum absolute atomic E-state index is 11.8. The molecule has 0 spiro atoms. The van der Waals surface area contributed by atoms with Crippen molar-refractivity contribution in [3.8, 4) is 0 Å². The van der Waals surface area contributed by atoms with Gasteiger partial charge in [-0.25, -0.2) is 4.79 Å². The summed E-state index contributed by atoms with van der Waals surface area (Å²) in [5.41, 5.74) is 1.87. The van der Waals surface area contributed by atoms with Gasteiger partial charge in [-0.05, 0) is 37.3 Å². The van der Waals surface area contributed by atoms with E-state index in [4.69, 9.17) is 5.11 Å². The minimum absolute atomic E-state index is 0.172. The van der Waals surface area contributed by atoms with E-state index >= 15 is 0 Å². The molecule has 0 saturated heterocycles. The van der Waals surface area contributed by atoms with Crippen LogP contribution in [-0.4, -0.2) is 24.3 Å². The van der Waals surface area contributed by atoms with Crippen LogP contribution in [0.1, 0.15) is 31.7 Å². The van der Waals surface area contributed by atoms with Gasteiger partial charge in [-0.2, -0.15) is 0 Å². The molecule has 0 saturated carbocycles. The van der Waals surface area contributed by atoms with E-state index in [2.05, 4.69) is 17.6 Å². The highest BCUT2D eigenvalue weighted by molar-refractivity contribution is 5.89. The second-order valence-corrected chi connectivity index (χ2v) is 4.82. The van der Waals surface area contributed by atoms with Gasteiger partial charge in [-0.1, -0.05) is 31.5 Å². The molecule has 1 atom stereocenters. The number of rotatable bonds is 7. The van der Waals surface area contributed by atoms with Crippen molar-refractivity contribution in [1.29, 1.82) is 0 Å². The first kappa shape index (κ1) is 15.5. The van der Waals surface area contributed by atoms with Crippen molar-refractivity contribution in [3.63, 3.8) is 0 Å². The SMILES string of the molecule is CCCC(CCO)CNC(=O)Nc1ccccc1C. The van der Waals surface area contributed by atoms with Crippen LogP contribution in [0.5, 0.6) is 0 Å². The number of aryl methyl sites for hydroxylation is 1. The number of aliphatic hydroxyl groups excluding tert-OH is 1. The molecule has 19 heavy (non-hydrogen) atoms. The number of hydrogen-bond acceptors (Lipinski definition) is 2. The van der Waals surface area contributed by atoms with Gasteiger partial charge in [0, 0.05) is 18.8 Å². The molecule has 2 amide bonds. The average Bonchev–Trinajstić information content (AvgIpc) is 2.39. The second kappa shape index (κ2) is 8.53. The van der Waals surface area contributed by atoms with Crippen LogP contribution in [0.4, 0.5) is 10.5 Å². The number of carbonyl (C=O) groups is 1. The van der Waals surface area contributed by atoms with Crippen molar-refractivity contribution in [2.75, 3.05) is 18.5 Å². The summed E-state index contributed by atoms with van der Waals surface area (Å²) in [5, 5.41) is 14.7. The number of nitrogens with one attached hydrogen (secondary N) is 2. The third kappa shape index (κ3) is 5.75. The molecule has 1 aromatic rings. The maximum atomic E-state index is 11.8. The van der Waals surface area contributed by atoms with E-state index in [1.807, 2.05) is 31.2 Å². The Morgan fingerprint density at radius 2 is 2.05 bits per heavy atom. The van der Waals surface area contributed by atoms with Crippen molar-refractivity contribution in [1.82, 2.24) is 5.32 Å². The van der Waals surface area contributed by atoms with Gasteiger partial charge in [-0.15, -0.1) is 0 Å². The Hall–Kier alpha value is -1.55. The summed E-state index contributed by atoms with van der Waals surface area (Å²) >= 11 is 0. The fourth-order valence-corrected chi connectivity index (χ4v) is 2.06. The number of urea groups is 1. The monoisotopic (exact) mass is 264 g/mol. The summed E-state index contributed by atoms with van der Waals surface area (Å²) in [7, 11) is 0. The zero-order valence-electron chi connectivity index (χ0n) is 11.8. The number of para-hydroxylation sites is 1. The van der Waals surface area contributed by atoms with Crippen LogP contribution in [-0.2, 0) is 0 Å². The Kier molecular flexibility index (Phi) is 6.97. The molecule has 0 heterocycles. The lowest BCUT2D eigenvalue weighted by Crippen LogP contribution is -2.33. The number of hydrogen-bond donors (Lipinski definition) is 3. The minimum atomic E-state index is -0.187. The quantitative estimate of drug-likeness (QED) is 0.709. The van der Waals surface area contributed by atoms with E-state index in [1.165, 1.54) is 0 Å². The second-order valence-electron chi connectivity index (χ2n) is 4.82. The predicted octanol–water partition coefficient (Wildman–Crippen LogP) is 2.92. The summed E-state index contributed by atoms with van der Waals surface area (Å²) < 4.78 is 0. The van der Waals surface area contributed by atoms with Gasteiger partial charge in [-0.3, -0.25) is 0 Å². The average molecular weight is 264 g/mol. The van der Waals surface area contributed by atoms with Crippen LogP contribution in [0.2, 0.25) is 0 Å². The summed E-state index contributed by atoms with van der Waals surface area (Å²) in [6.45, 7) is 4.84. The van der Waals surface area contributed by atoms with Gasteiger partial charge < -0.3 is 15.7 Å². The van der Waals surface area contributed by atoms with Gasteiger partial charge in [0.1, 0.15) is 0 Å². The molecule has 0 radical (unpaired) electrons. The minimum Gasteiger partial charge on any atom is -0.396 e. The molecule has 3 N–H and O–H groups in total. The molecule has 1 unspecified atom stereocenters. The fourth-order valence-electron chi connectivity index (χ4n) is 2.06. The third-order valence-corrected chi connectivity index (χ3v) is 3.18. The first-order valence-electron chi connectivity index (χ1n) is 6.88. The highest BCUT2D eigenvalue weighted by atomic mass is 16.3. The third-order valence-electron chi connectivity index (χ3n) is 3.18. The molecule has 1 aromatic carbocycles. The van der Waals surface area contributed by atoms with Crippen LogP contribution < -0.4 is 10.6 Å². The Morgan fingerprint density at radius 1 is 1.32 bits per heavy atom. The molecule has 106 valence electrons. The summed E-state index contributed by atoms with van der Waals surface area (Å²) in [5.74, 6) is 0.345. The highest BCUT2D eigenvalue weighted by Crippen LogP contribution is 2.13. The highest BCUT2D eigenvalue weighted by Gasteiger charge is 2.09. The van der Waals surface area contributed by atoms with E-state index < -0.39 is 0 Å². The van der Waals surface area contributed by atoms with Gasteiger partial charge in [0.2, 0.25) is 0 Å². The van der Waals surface area contributed by atoms with E-state index in [0.717, 1.165) is 30.5 Å². The van der Waals surface area contributed by atoms with Gasteiger partial charge in [0.05, 0.1) is 0 Å². The predicted molar refractivity (Wildman–Crippen MR) is 78.3 cm³/mol. The molecule has 0 aliphatic rings. The van der Waals surface area contributed by atoms with Crippen LogP contribution in [0.25, 0.3) is 0 Å². The van der Waals surface area contributed by atoms with E-state index in [0.29, 0.717) is 12.5 Å². The molecule has 0 bridgehead atoms. The Labute approximate surface area is 115 Å². The fraction of sp³-hybridized carbons (Fsp3) is 0.533. The summed E-state index contributed by atoms with van der Waals surface area (Å²) in [4.78, 5) is 11.8. The molecule has 0 aliphatic heterocycles. The van der Waals surface area contributed by atoms with E-state index in [1.54, 1.807) is 0 Å². The number of amides is 2. The van der Waals surface area contributed by atoms with Crippen LogP contribution in [0.3, 0.4) is 0 Å². The van der Waals surface area contributed by atoms with Crippen LogP contribution in [0.15, 0.2) is 24.3 Å². The molecular weight excluding hydrogens is 240 g/mol. The first-order chi connectivity index (χ1) is 9.17. The molecular formula is C15H24N2O2. The zero-order valence-corrected chi connectivity index (χ0v) is 11.8. The number of benzene rings is 1. The van der Waals surface area contributed by atoms with Crippen molar-refractivity contribution < 1.29 is 9.90 Å².